The van der Waals surface area contributed by atoms with Crippen LogP contribution < -0.4 is 5.32 Å². The van der Waals surface area contributed by atoms with Crippen molar-refractivity contribution < 1.29 is 4.79 Å². The van der Waals surface area contributed by atoms with Crippen molar-refractivity contribution in [2.45, 2.75) is 20.8 Å². The molecule has 7 nitrogen and oxygen atoms in total. The van der Waals surface area contributed by atoms with Gasteiger partial charge >= 0.3 is 0 Å². The Balaban J connectivity index is 1.74. The van der Waals surface area contributed by atoms with Crippen LogP contribution in [-0.2, 0) is 7.05 Å². The molecule has 0 spiro atoms. The molecule has 1 N–H and O–H groups in total. The first-order valence-corrected chi connectivity index (χ1v) is 8.67. The Labute approximate surface area is 156 Å². The fourth-order valence-corrected chi connectivity index (χ4v) is 3.13. The SMILES string of the molecule is Cc1ccc(-c2ccnc3c(C(=O)Nc4c(C)nn(C)c4C)cnn23)cc1. The fourth-order valence-electron chi connectivity index (χ4n) is 3.13. The van der Waals surface area contributed by atoms with Gasteiger partial charge in [-0.2, -0.15) is 10.2 Å². The van der Waals surface area contributed by atoms with Crippen molar-refractivity contribution in [2.24, 2.45) is 7.05 Å². The summed E-state index contributed by atoms with van der Waals surface area (Å²) in [4.78, 5) is 17.2. The van der Waals surface area contributed by atoms with E-state index in [1.54, 1.807) is 21.6 Å². The smallest absolute Gasteiger partial charge is 0.261 e. The van der Waals surface area contributed by atoms with Gasteiger partial charge in [-0.25, -0.2) is 9.50 Å². The van der Waals surface area contributed by atoms with Crippen LogP contribution in [-0.4, -0.2) is 30.3 Å². The van der Waals surface area contributed by atoms with Crippen molar-refractivity contribution in [3.63, 3.8) is 0 Å². The Morgan fingerprint density at radius 3 is 2.48 bits per heavy atom. The molecule has 0 radical (unpaired) electrons. The summed E-state index contributed by atoms with van der Waals surface area (Å²) in [6, 6.07) is 10.1. The number of fused-ring (bicyclic) bond motifs is 1. The molecule has 1 amide bonds. The number of carbonyl (C=O) groups excluding carboxylic acids is 1. The van der Waals surface area contributed by atoms with Crippen molar-refractivity contribution >= 4 is 17.2 Å². The maximum atomic E-state index is 12.9. The normalized spacial score (nSPS) is 11.1. The lowest BCUT2D eigenvalue weighted by molar-refractivity contribution is 0.102. The molecule has 0 aliphatic heterocycles. The van der Waals surface area contributed by atoms with Crippen molar-refractivity contribution in [1.82, 2.24) is 24.4 Å². The predicted molar refractivity (Wildman–Crippen MR) is 104 cm³/mol. The lowest BCUT2D eigenvalue weighted by Crippen LogP contribution is -2.13. The second-order valence-corrected chi connectivity index (χ2v) is 6.61. The van der Waals surface area contributed by atoms with Crippen LogP contribution in [0, 0.1) is 20.8 Å². The number of nitrogens with one attached hydrogen (secondary N) is 1. The number of amides is 1. The highest BCUT2D eigenvalue weighted by Crippen LogP contribution is 2.23. The van der Waals surface area contributed by atoms with Crippen molar-refractivity contribution in [1.29, 1.82) is 0 Å². The summed E-state index contributed by atoms with van der Waals surface area (Å²) in [5.74, 6) is -0.252. The van der Waals surface area contributed by atoms with Gasteiger partial charge < -0.3 is 5.32 Å². The molecule has 1 aromatic carbocycles. The number of hydrogen-bond donors (Lipinski definition) is 1. The van der Waals surface area contributed by atoms with Gasteiger partial charge in [0.05, 0.1) is 29.0 Å². The predicted octanol–water partition coefficient (Wildman–Crippen LogP) is 3.31. The lowest BCUT2D eigenvalue weighted by atomic mass is 10.1. The fraction of sp³-hybridized carbons (Fsp3) is 0.200. The first-order chi connectivity index (χ1) is 13.0. The zero-order chi connectivity index (χ0) is 19.1. The second kappa shape index (κ2) is 6.35. The summed E-state index contributed by atoms with van der Waals surface area (Å²) in [6.07, 6.45) is 3.25. The summed E-state index contributed by atoms with van der Waals surface area (Å²) in [7, 11) is 1.85. The summed E-state index contributed by atoms with van der Waals surface area (Å²) < 4.78 is 3.44. The maximum Gasteiger partial charge on any atom is 0.261 e. The van der Waals surface area contributed by atoms with Gasteiger partial charge in [0.1, 0.15) is 5.56 Å². The maximum absolute atomic E-state index is 12.9. The highest BCUT2D eigenvalue weighted by Gasteiger charge is 2.19. The summed E-state index contributed by atoms with van der Waals surface area (Å²) in [5, 5.41) is 11.7. The van der Waals surface area contributed by atoms with Crippen LogP contribution in [0.15, 0.2) is 42.7 Å². The minimum absolute atomic E-state index is 0.252. The summed E-state index contributed by atoms with van der Waals surface area (Å²) in [5.41, 5.74) is 6.41. The molecule has 0 saturated carbocycles. The molecule has 0 saturated heterocycles. The number of rotatable bonds is 3. The number of anilines is 1. The van der Waals surface area contributed by atoms with Gasteiger partial charge in [0.2, 0.25) is 0 Å². The quantitative estimate of drug-likeness (QED) is 0.608. The van der Waals surface area contributed by atoms with E-state index in [4.69, 9.17) is 0 Å². The van der Waals surface area contributed by atoms with Gasteiger partial charge in [-0.1, -0.05) is 29.8 Å². The van der Waals surface area contributed by atoms with E-state index in [2.05, 4.69) is 20.5 Å². The van der Waals surface area contributed by atoms with Crippen LogP contribution in [0.4, 0.5) is 5.69 Å². The van der Waals surface area contributed by atoms with Gasteiger partial charge in [-0.15, -0.1) is 0 Å². The van der Waals surface area contributed by atoms with E-state index in [1.165, 1.54) is 5.56 Å². The summed E-state index contributed by atoms with van der Waals surface area (Å²) in [6.45, 7) is 5.83. The number of hydrogen-bond acceptors (Lipinski definition) is 4. The number of carbonyl (C=O) groups is 1. The molecule has 4 aromatic rings. The van der Waals surface area contributed by atoms with Gasteiger partial charge in [0.25, 0.3) is 5.91 Å². The highest BCUT2D eigenvalue weighted by atomic mass is 16.1. The number of aryl methyl sites for hydroxylation is 3. The third-order valence-corrected chi connectivity index (χ3v) is 4.74. The molecule has 4 rings (SSSR count). The summed E-state index contributed by atoms with van der Waals surface area (Å²) >= 11 is 0. The topological polar surface area (TPSA) is 77.1 Å². The van der Waals surface area contributed by atoms with Gasteiger partial charge in [0, 0.05) is 18.8 Å². The Morgan fingerprint density at radius 2 is 1.81 bits per heavy atom. The van der Waals surface area contributed by atoms with Crippen molar-refractivity contribution in [3.05, 3.63) is 65.2 Å². The largest absolute Gasteiger partial charge is 0.319 e. The van der Waals surface area contributed by atoms with Crippen molar-refractivity contribution in [2.75, 3.05) is 5.32 Å². The Bertz CT molecular complexity index is 1150. The van der Waals surface area contributed by atoms with E-state index in [9.17, 15) is 4.79 Å². The van der Waals surface area contributed by atoms with E-state index >= 15 is 0 Å². The van der Waals surface area contributed by atoms with Crippen molar-refractivity contribution in [3.8, 4) is 11.3 Å². The average molecular weight is 360 g/mol. The average Bonchev–Trinajstić information content (AvgIpc) is 3.19. The molecule has 0 aliphatic rings. The standard InChI is InChI=1S/C20H20N6O/c1-12-5-7-15(8-6-12)17-9-10-21-19-16(11-22-26(17)19)20(27)23-18-13(2)24-25(4)14(18)3/h5-11H,1-4H3,(H,23,27). The van der Waals surface area contributed by atoms with Crippen LogP contribution in [0.5, 0.6) is 0 Å². The third-order valence-electron chi connectivity index (χ3n) is 4.74. The van der Waals surface area contributed by atoms with Crippen LogP contribution in [0.3, 0.4) is 0 Å². The molecule has 0 bridgehead atoms. The molecule has 27 heavy (non-hydrogen) atoms. The lowest BCUT2D eigenvalue weighted by Gasteiger charge is -2.06. The van der Waals surface area contributed by atoms with Crippen LogP contribution in [0.1, 0.15) is 27.3 Å². The van der Waals surface area contributed by atoms with Crippen LogP contribution in [0.25, 0.3) is 16.9 Å². The Morgan fingerprint density at radius 1 is 1.07 bits per heavy atom. The van der Waals surface area contributed by atoms with Crippen LogP contribution in [0.2, 0.25) is 0 Å². The molecule has 3 heterocycles. The molecular formula is C20H20N6O. The Hall–Kier alpha value is -3.48. The minimum atomic E-state index is -0.252. The molecule has 136 valence electrons. The van der Waals surface area contributed by atoms with Gasteiger partial charge in [-0.05, 0) is 26.8 Å². The van der Waals surface area contributed by atoms with E-state index in [1.807, 2.05) is 58.2 Å². The van der Waals surface area contributed by atoms with E-state index in [0.29, 0.717) is 11.2 Å². The van der Waals surface area contributed by atoms with Crippen LogP contribution >= 0.6 is 0 Å². The number of nitrogens with zero attached hydrogens (tertiary/aromatic N) is 5. The number of benzene rings is 1. The molecule has 3 aromatic heterocycles. The molecule has 0 unspecified atom stereocenters. The molecule has 0 atom stereocenters. The molecular weight excluding hydrogens is 340 g/mol. The molecule has 0 aliphatic carbocycles. The van der Waals surface area contributed by atoms with E-state index in [0.717, 1.165) is 28.3 Å². The van der Waals surface area contributed by atoms with E-state index < -0.39 is 0 Å². The zero-order valence-corrected chi connectivity index (χ0v) is 15.7. The second-order valence-electron chi connectivity index (χ2n) is 6.61. The number of aromatic nitrogens is 5. The van der Waals surface area contributed by atoms with Gasteiger partial charge in [-0.3, -0.25) is 9.48 Å². The Kier molecular flexibility index (Phi) is 3.99. The minimum Gasteiger partial charge on any atom is -0.319 e. The first-order valence-electron chi connectivity index (χ1n) is 8.67. The van der Waals surface area contributed by atoms with E-state index in [-0.39, 0.29) is 5.91 Å². The first kappa shape index (κ1) is 17.0. The highest BCUT2D eigenvalue weighted by molar-refractivity contribution is 6.08. The monoisotopic (exact) mass is 360 g/mol. The zero-order valence-electron chi connectivity index (χ0n) is 15.7. The third kappa shape index (κ3) is 2.87. The molecule has 0 fully saturated rings. The van der Waals surface area contributed by atoms with Gasteiger partial charge in [0.15, 0.2) is 5.65 Å². The molecule has 7 heteroatoms.